The van der Waals surface area contributed by atoms with E-state index in [4.69, 9.17) is 5.11 Å². The third-order valence-electron chi connectivity index (χ3n) is 2.29. The summed E-state index contributed by atoms with van der Waals surface area (Å²) < 4.78 is 0. The first-order valence-corrected chi connectivity index (χ1v) is 5.68. The molecule has 0 aliphatic heterocycles. The van der Waals surface area contributed by atoms with E-state index in [1.807, 2.05) is 0 Å². The number of carbonyl (C=O) groups is 2. The highest BCUT2D eigenvalue weighted by Crippen LogP contribution is 1.99. The Morgan fingerprint density at radius 2 is 1.56 bits per heavy atom. The van der Waals surface area contributed by atoms with Crippen LogP contribution in [0.15, 0.2) is 0 Å². The highest BCUT2D eigenvalue weighted by atomic mass is 16.4. The average Bonchev–Trinajstić information content (AvgIpc) is 2.16. The van der Waals surface area contributed by atoms with Crippen LogP contribution in [0.2, 0.25) is 0 Å². The molecule has 5 heteroatoms. The van der Waals surface area contributed by atoms with Crippen molar-refractivity contribution in [3.05, 3.63) is 0 Å². The number of carboxylic acid groups (broad SMARTS) is 1. The van der Waals surface area contributed by atoms with Crippen LogP contribution < -0.4 is 10.6 Å². The summed E-state index contributed by atoms with van der Waals surface area (Å²) in [6.07, 6.45) is 1.39. The number of aliphatic carboxylic acids is 1. The van der Waals surface area contributed by atoms with Crippen molar-refractivity contribution in [2.24, 2.45) is 11.8 Å². The molecule has 3 N–H and O–H groups in total. The molecule has 0 aliphatic carbocycles. The van der Waals surface area contributed by atoms with Crippen molar-refractivity contribution in [3.63, 3.8) is 0 Å². The second kappa shape index (κ2) is 7.96. The molecule has 0 aliphatic rings. The standard InChI is InChI=1S/C11H22N2O3/c1-8(2)4-6-12-11(16)13-7-5-9(3)10(14)15/h8-9H,4-7H2,1-3H3,(H,14,15)(H2,12,13,16). The molecule has 16 heavy (non-hydrogen) atoms. The SMILES string of the molecule is CC(C)CCNC(=O)NCCC(C)C(=O)O. The average molecular weight is 230 g/mol. The van der Waals surface area contributed by atoms with E-state index in [2.05, 4.69) is 24.5 Å². The van der Waals surface area contributed by atoms with Crippen LogP contribution in [0.1, 0.15) is 33.6 Å². The van der Waals surface area contributed by atoms with Crippen LogP contribution in [0, 0.1) is 11.8 Å². The lowest BCUT2D eigenvalue weighted by Crippen LogP contribution is -2.37. The Kier molecular flexibility index (Phi) is 7.33. The third kappa shape index (κ3) is 8.08. The van der Waals surface area contributed by atoms with E-state index in [0.717, 1.165) is 6.42 Å². The summed E-state index contributed by atoms with van der Waals surface area (Å²) in [4.78, 5) is 21.7. The smallest absolute Gasteiger partial charge is 0.314 e. The third-order valence-corrected chi connectivity index (χ3v) is 2.29. The van der Waals surface area contributed by atoms with E-state index in [1.165, 1.54) is 0 Å². The fourth-order valence-corrected chi connectivity index (χ4v) is 1.06. The molecule has 2 amide bonds. The van der Waals surface area contributed by atoms with Crippen molar-refractivity contribution in [2.75, 3.05) is 13.1 Å². The number of carboxylic acids is 1. The molecule has 0 heterocycles. The molecule has 94 valence electrons. The number of hydrogen-bond donors (Lipinski definition) is 3. The fourth-order valence-electron chi connectivity index (χ4n) is 1.06. The molecule has 0 fully saturated rings. The summed E-state index contributed by atoms with van der Waals surface area (Å²) >= 11 is 0. The largest absolute Gasteiger partial charge is 0.481 e. The lowest BCUT2D eigenvalue weighted by Gasteiger charge is -2.10. The number of hydrogen-bond acceptors (Lipinski definition) is 2. The number of nitrogens with one attached hydrogen (secondary N) is 2. The molecule has 0 aromatic carbocycles. The van der Waals surface area contributed by atoms with Crippen molar-refractivity contribution in [1.82, 2.24) is 10.6 Å². The van der Waals surface area contributed by atoms with Gasteiger partial charge in [-0.05, 0) is 18.8 Å². The quantitative estimate of drug-likeness (QED) is 0.619. The monoisotopic (exact) mass is 230 g/mol. The molecule has 0 aromatic heterocycles. The van der Waals surface area contributed by atoms with Gasteiger partial charge in [0.2, 0.25) is 0 Å². The maximum absolute atomic E-state index is 11.2. The Morgan fingerprint density at radius 3 is 2.00 bits per heavy atom. The van der Waals surface area contributed by atoms with E-state index in [-0.39, 0.29) is 6.03 Å². The Labute approximate surface area is 96.6 Å². The van der Waals surface area contributed by atoms with Gasteiger partial charge in [-0.3, -0.25) is 4.79 Å². The maximum atomic E-state index is 11.2. The summed E-state index contributed by atoms with van der Waals surface area (Å²) in [5.41, 5.74) is 0. The van der Waals surface area contributed by atoms with Crippen molar-refractivity contribution < 1.29 is 14.7 Å². The fraction of sp³-hybridized carbons (Fsp3) is 0.818. The molecule has 0 saturated carbocycles. The number of urea groups is 1. The van der Waals surface area contributed by atoms with Crippen LogP contribution in [-0.2, 0) is 4.79 Å². The molecular weight excluding hydrogens is 208 g/mol. The van der Waals surface area contributed by atoms with Gasteiger partial charge in [-0.2, -0.15) is 0 Å². The van der Waals surface area contributed by atoms with Crippen molar-refractivity contribution >= 4 is 12.0 Å². The molecule has 0 spiro atoms. The van der Waals surface area contributed by atoms with Crippen LogP contribution >= 0.6 is 0 Å². The van der Waals surface area contributed by atoms with Crippen LogP contribution in [0.3, 0.4) is 0 Å². The number of carbonyl (C=O) groups excluding carboxylic acids is 1. The van der Waals surface area contributed by atoms with Gasteiger partial charge < -0.3 is 15.7 Å². The maximum Gasteiger partial charge on any atom is 0.314 e. The van der Waals surface area contributed by atoms with Gasteiger partial charge in [0.15, 0.2) is 0 Å². The van der Waals surface area contributed by atoms with Crippen molar-refractivity contribution in [3.8, 4) is 0 Å². The first kappa shape index (κ1) is 14.7. The Morgan fingerprint density at radius 1 is 1.06 bits per heavy atom. The van der Waals surface area contributed by atoms with E-state index in [0.29, 0.717) is 25.4 Å². The van der Waals surface area contributed by atoms with Gasteiger partial charge in [0.25, 0.3) is 0 Å². The first-order valence-electron chi connectivity index (χ1n) is 5.68. The Balaban J connectivity index is 3.47. The summed E-state index contributed by atoms with van der Waals surface area (Å²) in [7, 11) is 0. The molecule has 0 aromatic rings. The number of rotatable bonds is 7. The number of amides is 2. The summed E-state index contributed by atoms with van der Waals surface area (Å²) in [5.74, 6) is -0.690. The minimum atomic E-state index is -0.831. The van der Waals surface area contributed by atoms with Gasteiger partial charge in [-0.25, -0.2) is 4.79 Å². The lowest BCUT2D eigenvalue weighted by atomic mass is 10.1. The van der Waals surface area contributed by atoms with Gasteiger partial charge in [-0.15, -0.1) is 0 Å². The highest BCUT2D eigenvalue weighted by Gasteiger charge is 2.10. The molecule has 0 bridgehead atoms. The van der Waals surface area contributed by atoms with Gasteiger partial charge in [-0.1, -0.05) is 20.8 Å². The summed E-state index contributed by atoms with van der Waals surface area (Å²) in [6.45, 7) is 6.85. The first-order chi connectivity index (χ1) is 7.43. The Hall–Kier alpha value is -1.26. The molecule has 5 nitrogen and oxygen atoms in total. The molecule has 1 unspecified atom stereocenters. The van der Waals surface area contributed by atoms with E-state index in [9.17, 15) is 9.59 Å². The summed E-state index contributed by atoms with van der Waals surface area (Å²) in [5, 5.41) is 14.0. The van der Waals surface area contributed by atoms with Crippen LogP contribution in [-0.4, -0.2) is 30.2 Å². The summed E-state index contributed by atoms with van der Waals surface area (Å²) in [6, 6.07) is -0.224. The van der Waals surface area contributed by atoms with Gasteiger partial charge >= 0.3 is 12.0 Å². The van der Waals surface area contributed by atoms with Crippen LogP contribution in [0.25, 0.3) is 0 Å². The van der Waals surface area contributed by atoms with E-state index < -0.39 is 11.9 Å². The zero-order valence-electron chi connectivity index (χ0n) is 10.2. The second-order valence-corrected chi connectivity index (χ2v) is 4.39. The lowest BCUT2D eigenvalue weighted by molar-refractivity contribution is -0.141. The zero-order valence-corrected chi connectivity index (χ0v) is 10.2. The minimum absolute atomic E-state index is 0.224. The van der Waals surface area contributed by atoms with E-state index in [1.54, 1.807) is 6.92 Å². The van der Waals surface area contributed by atoms with Gasteiger partial charge in [0.05, 0.1) is 5.92 Å². The second-order valence-electron chi connectivity index (χ2n) is 4.39. The van der Waals surface area contributed by atoms with E-state index >= 15 is 0 Å². The molecule has 0 radical (unpaired) electrons. The molecular formula is C11H22N2O3. The highest BCUT2D eigenvalue weighted by molar-refractivity contribution is 5.74. The predicted molar refractivity (Wildman–Crippen MR) is 62.3 cm³/mol. The predicted octanol–water partition coefficient (Wildman–Crippen LogP) is 1.44. The van der Waals surface area contributed by atoms with Gasteiger partial charge in [0, 0.05) is 13.1 Å². The van der Waals surface area contributed by atoms with Crippen LogP contribution in [0.5, 0.6) is 0 Å². The minimum Gasteiger partial charge on any atom is -0.481 e. The van der Waals surface area contributed by atoms with Crippen molar-refractivity contribution in [1.29, 1.82) is 0 Å². The normalized spacial score (nSPS) is 12.2. The van der Waals surface area contributed by atoms with Crippen molar-refractivity contribution in [2.45, 2.75) is 33.6 Å². The Bertz CT molecular complexity index is 229. The topological polar surface area (TPSA) is 78.4 Å². The molecule has 1 atom stereocenters. The molecule has 0 rings (SSSR count). The zero-order chi connectivity index (χ0) is 12.6. The van der Waals surface area contributed by atoms with Gasteiger partial charge in [0.1, 0.15) is 0 Å². The van der Waals surface area contributed by atoms with Crippen LogP contribution in [0.4, 0.5) is 4.79 Å². The molecule has 0 saturated heterocycles.